The zero-order valence-corrected chi connectivity index (χ0v) is 7.05. The Labute approximate surface area is 67.7 Å². The molecule has 2 aliphatic rings. The molecule has 2 rings (SSSR count). The zero-order chi connectivity index (χ0) is 7.68. The Bertz CT molecular complexity index is 138. The van der Waals surface area contributed by atoms with Crippen LogP contribution >= 0.6 is 0 Å². The quantitative estimate of drug-likeness (QED) is 0.520. The monoisotopic (exact) mass is 156 g/mol. The molecule has 0 radical (unpaired) electrons. The molecule has 0 bridgehead atoms. The molecule has 0 spiro atoms. The standard InChI is InChI=1S/C8H16N2O/c1-10-4-5-11-8-6-9-3-2-7(8)10/h7-9H,2-6H2,1H3. The number of ether oxygens (including phenoxy) is 1. The molecule has 2 atom stereocenters. The summed E-state index contributed by atoms with van der Waals surface area (Å²) in [7, 11) is 2.20. The smallest absolute Gasteiger partial charge is 0.0855 e. The van der Waals surface area contributed by atoms with Gasteiger partial charge in [0.1, 0.15) is 0 Å². The summed E-state index contributed by atoms with van der Waals surface area (Å²) < 4.78 is 5.65. The number of morpholine rings is 1. The van der Waals surface area contributed by atoms with Gasteiger partial charge < -0.3 is 10.1 Å². The molecule has 2 heterocycles. The van der Waals surface area contributed by atoms with Crippen LogP contribution in [0.5, 0.6) is 0 Å². The fraction of sp³-hybridized carbons (Fsp3) is 1.00. The van der Waals surface area contributed by atoms with Crippen LogP contribution < -0.4 is 5.32 Å². The van der Waals surface area contributed by atoms with Crippen LogP contribution in [0.3, 0.4) is 0 Å². The molecule has 0 aliphatic carbocycles. The van der Waals surface area contributed by atoms with Crippen LogP contribution in [0.1, 0.15) is 6.42 Å². The summed E-state index contributed by atoms with van der Waals surface area (Å²) >= 11 is 0. The van der Waals surface area contributed by atoms with Crippen LogP contribution in [0.4, 0.5) is 0 Å². The van der Waals surface area contributed by atoms with Crippen LogP contribution in [0, 0.1) is 0 Å². The number of nitrogens with one attached hydrogen (secondary N) is 1. The van der Waals surface area contributed by atoms with Gasteiger partial charge in [0.25, 0.3) is 0 Å². The van der Waals surface area contributed by atoms with Crippen molar-refractivity contribution in [1.29, 1.82) is 0 Å². The van der Waals surface area contributed by atoms with E-state index in [4.69, 9.17) is 4.74 Å². The third kappa shape index (κ3) is 1.41. The van der Waals surface area contributed by atoms with Gasteiger partial charge in [-0.3, -0.25) is 4.90 Å². The lowest BCUT2D eigenvalue weighted by molar-refractivity contribution is -0.0716. The summed E-state index contributed by atoms with van der Waals surface area (Å²) in [4.78, 5) is 2.43. The first-order chi connectivity index (χ1) is 5.38. The van der Waals surface area contributed by atoms with E-state index in [1.54, 1.807) is 0 Å². The molecular formula is C8H16N2O. The van der Waals surface area contributed by atoms with E-state index in [2.05, 4.69) is 17.3 Å². The van der Waals surface area contributed by atoms with Crippen molar-refractivity contribution in [2.24, 2.45) is 0 Å². The van der Waals surface area contributed by atoms with Crippen molar-refractivity contribution < 1.29 is 4.74 Å². The predicted molar refractivity (Wildman–Crippen MR) is 43.6 cm³/mol. The third-order valence-electron chi connectivity index (χ3n) is 2.73. The minimum atomic E-state index is 0.447. The second-order valence-electron chi connectivity index (χ2n) is 3.45. The highest BCUT2D eigenvalue weighted by Gasteiger charge is 2.31. The Hall–Kier alpha value is -0.120. The zero-order valence-electron chi connectivity index (χ0n) is 7.05. The van der Waals surface area contributed by atoms with Gasteiger partial charge in [-0.1, -0.05) is 0 Å². The first kappa shape index (κ1) is 7.53. The van der Waals surface area contributed by atoms with Crippen LogP contribution in [-0.4, -0.2) is 50.3 Å². The third-order valence-corrected chi connectivity index (χ3v) is 2.73. The normalized spacial score (nSPS) is 40.1. The Morgan fingerprint density at radius 2 is 2.45 bits per heavy atom. The molecule has 2 saturated heterocycles. The van der Waals surface area contributed by atoms with Crippen molar-refractivity contribution in [3.8, 4) is 0 Å². The molecule has 3 nitrogen and oxygen atoms in total. The number of fused-ring (bicyclic) bond motifs is 1. The SMILES string of the molecule is CN1CCOC2CNCCC21. The van der Waals surface area contributed by atoms with Crippen molar-refractivity contribution >= 4 is 0 Å². The van der Waals surface area contributed by atoms with Gasteiger partial charge in [0, 0.05) is 19.1 Å². The second-order valence-corrected chi connectivity index (χ2v) is 3.45. The van der Waals surface area contributed by atoms with Crippen LogP contribution in [0.2, 0.25) is 0 Å². The first-order valence-corrected chi connectivity index (χ1v) is 4.40. The van der Waals surface area contributed by atoms with E-state index in [-0.39, 0.29) is 0 Å². The minimum absolute atomic E-state index is 0.447. The van der Waals surface area contributed by atoms with E-state index in [0.717, 1.165) is 26.2 Å². The molecule has 0 aromatic heterocycles. The molecule has 2 aliphatic heterocycles. The first-order valence-electron chi connectivity index (χ1n) is 4.40. The lowest BCUT2D eigenvalue weighted by atomic mass is 10.0. The molecule has 64 valence electrons. The molecule has 3 heteroatoms. The number of piperidine rings is 1. The Kier molecular flexibility index (Phi) is 2.11. The molecule has 2 unspecified atom stereocenters. The summed E-state index contributed by atoms with van der Waals surface area (Å²) in [6, 6.07) is 0.671. The lowest BCUT2D eigenvalue weighted by Gasteiger charge is -2.42. The molecule has 0 saturated carbocycles. The van der Waals surface area contributed by atoms with Gasteiger partial charge in [-0.25, -0.2) is 0 Å². The predicted octanol–water partition coefficient (Wildman–Crippen LogP) is -0.321. The molecule has 11 heavy (non-hydrogen) atoms. The maximum atomic E-state index is 5.65. The fourth-order valence-electron chi connectivity index (χ4n) is 2.00. The lowest BCUT2D eigenvalue weighted by Crippen LogP contribution is -2.57. The van der Waals surface area contributed by atoms with Crippen LogP contribution in [-0.2, 0) is 4.74 Å². The molecule has 0 aromatic carbocycles. The highest BCUT2D eigenvalue weighted by molar-refractivity contribution is 4.87. The van der Waals surface area contributed by atoms with Gasteiger partial charge >= 0.3 is 0 Å². The highest BCUT2D eigenvalue weighted by atomic mass is 16.5. The highest BCUT2D eigenvalue weighted by Crippen LogP contribution is 2.17. The van der Waals surface area contributed by atoms with E-state index in [0.29, 0.717) is 12.1 Å². The number of rotatable bonds is 0. The average molecular weight is 156 g/mol. The summed E-state index contributed by atoms with van der Waals surface area (Å²) in [5.41, 5.74) is 0. The topological polar surface area (TPSA) is 24.5 Å². The molecule has 1 N–H and O–H groups in total. The van der Waals surface area contributed by atoms with E-state index in [1.807, 2.05) is 0 Å². The van der Waals surface area contributed by atoms with Gasteiger partial charge in [-0.05, 0) is 20.0 Å². The molecular weight excluding hydrogens is 140 g/mol. The maximum absolute atomic E-state index is 5.65. The number of hydrogen-bond acceptors (Lipinski definition) is 3. The number of hydrogen-bond donors (Lipinski definition) is 1. The summed E-state index contributed by atoms with van der Waals surface area (Å²) in [6.45, 7) is 4.18. The van der Waals surface area contributed by atoms with Crippen molar-refractivity contribution in [2.45, 2.75) is 18.6 Å². The van der Waals surface area contributed by atoms with E-state index in [9.17, 15) is 0 Å². The van der Waals surface area contributed by atoms with Crippen molar-refractivity contribution in [2.75, 3.05) is 33.3 Å². The summed E-state index contributed by atoms with van der Waals surface area (Å²) in [6.07, 6.45) is 1.68. The van der Waals surface area contributed by atoms with Crippen molar-refractivity contribution in [3.05, 3.63) is 0 Å². The Balaban J connectivity index is 1.99. The average Bonchev–Trinajstić information content (AvgIpc) is 2.06. The molecule has 0 amide bonds. The Morgan fingerprint density at radius 3 is 3.27 bits per heavy atom. The van der Waals surface area contributed by atoms with Crippen LogP contribution in [0.15, 0.2) is 0 Å². The van der Waals surface area contributed by atoms with Gasteiger partial charge in [0.05, 0.1) is 12.7 Å². The van der Waals surface area contributed by atoms with E-state index in [1.165, 1.54) is 6.42 Å². The fourth-order valence-corrected chi connectivity index (χ4v) is 2.00. The molecule has 2 fully saturated rings. The second kappa shape index (κ2) is 3.09. The van der Waals surface area contributed by atoms with E-state index >= 15 is 0 Å². The molecule has 0 aromatic rings. The van der Waals surface area contributed by atoms with Gasteiger partial charge in [0.2, 0.25) is 0 Å². The van der Waals surface area contributed by atoms with Crippen LogP contribution in [0.25, 0.3) is 0 Å². The maximum Gasteiger partial charge on any atom is 0.0855 e. The number of likely N-dealkylation sites (N-methyl/N-ethyl adjacent to an activating group) is 1. The minimum Gasteiger partial charge on any atom is -0.374 e. The largest absolute Gasteiger partial charge is 0.374 e. The summed E-state index contributed by atoms with van der Waals surface area (Å²) in [5, 5.41) is 3.35. The van der Waals surface area contributed by atoms with Crippen molar-refractivity contribution in [1.82, 2.24) is 10.2 Å². The summed E-state index contributed by atoms with van der Waals surface area (Å²) in [5.74, 6) is 0. The van der Waals surface area contributed by atoms with Crippen molar-refractivity contribution in [3.63, 3.8) is 0 Å². The van der Waals surface area contributed by atoms with Gasteiger partial charge in [-0.15, -0.1) is 0 Å². The Morgan fingerprint density at radius 1 is 1.55 bits per heavy atom. The van der Waals surface area contributed by atoms with E-state index < -0.39 is 0 Å². The number of nitrogens with zero attached hydrogens (tertiary/aromatic N) is 1. The van der Waals surface area contributed by atoms with Gasteiger partial charge in [-0.2, -0.15) is 0 Å². The van der Waals surface area contributed by atoms with Gasteiger partial charge in [0.15, 0.2) is 0 Å².